The Balaban J connectivity index is 1.52. The van der Waals surface area contributed by atoms with E-state index in [4.69, 9.17) is 0 Å². The fourth-order valence-electron chi connectivity index (χ4n) is 3.95. The maximum atomic E-state index is 13.0. The smallest absolute Gasteiger partial charge is 0.368 e. The quantitative estimate of drug-likeness (QED) is 0.645. The minimum absolute atomic E-state index is 0.150. The van der Waals surface area contributed by atoms with Crippen molar-refractivity contribution in [3.8, 4) is 0 Å². The van der Waals surface area contributed by atoms with Crippen LogP contribution < -0.4 is 16.1 Å². The number of hydrogen-bond donors (Lipinski definition) is 1. The summed E-state index contributed by atoms with van der Waals surface area (Å²) in [4.78, 5) is 47.2. The van der Waals surface area contributed by atoms with Gasteiger partial charge < -0.3 is 9.80 Å². The van der Waals surface area contributed by atoms with E-state index in [0.717, 1.165) is 12.1 Å². The lowest BCUT2D eigenvalue weighted by Gasteiger charge is -2.36. The summed E-state index contributed by atoms with van der Waals surface area (Å²) in [5.74, 6) is -0.333. The van der Waals surface area contributed by atoms with Gasteiger partial charge in [-0.25, -0.2) is 9.78 Å². The fraction of sp³-hybridized carbons (Fsp3) is 0.364. The van der Waals surface area contributed by atoms with Crippen LogP contribution in [0.15, 0.2) is 46.1 Å². The molecule has 1 N–H and O–H groups in total. The molecule has 8 nitrogen and oxygen atoms in total. The molecular formula is C22H22F3N5O3. The van der Waals surface area contributed by atoms with Crippen LogP contribution in [0.1, 0.15) is 29.3 Å². The van der Waals surface area contributed by atoms with E-state index < -0.39 is 23.0 Å². The summed E-state index contributed by atoms with van der Waals surface area (Å²) in [6.45, 7) is 3.61. The second kappa shape index (κ2) is 8.72. The van der Waals surface area contributed by atoms with Crippen molar-refractivity contribution in [3.05, 3.63) is 68.5 Å². The molecule has 0 aliphatic carbocycles. The predicted molar refractivity (Wildman–Crippen MR) is 116 cm³/mol. The molecule has 174 valence electrons. The van der Waals surface area contributed by atoms with Crippen LogP contribution in [0, 0.1) is 0 Å². The minimum Gasteiger partial charge on any atom is -0.368 e. The number of aromatic amines is 1. The Bertz CT molecular complexity index is 1310. The van der Waals surface area contributed by atoms with Gasteiger partial charge in [0.1, 0.15) is 5.65 Å². The molecule has 0 unspecified atom stereocenters. The maximum Gasteiger partial charge on any atom is 0.416 e. The van der Waals surface area contributed by atoms with Crippen molar-refractivity contribution in [2.24, 2.45) is 0 Å². The van der Waals surface area contributed by atoms with Gasteiger partial charge in [-0.3, -0.25) is 19.1 Å². The highest BCUT2D eigenvalue weighted by atomic mass is 19.4. The second-order valence-corrected chi connectivity index (χ2v) is 7.83. The molecule has 2 aromatic heterocycles. The van der Waals surface area contributed by atoms with Gasteiger partial charge in [0.15, 0.2) is 0 Å². The van der Waals surface area contributed by atoms with Crippen molar-refractivity contribution in [2.75, 3.05) is 31.1 Å². The van der Waals surface area contributed by atoms with Crippen molar-refractivity contribution in [2.45, 2.75) is 26.1 Å². The summed E-state index contributed by atoms with van der Waals surface area (Å²) < 4.78 is 40.4. The van der Waals surface area contributed by atoms with Gasteiger partial charge in [0.05, 0.1) is 16.5 Å². The summed E-state index contributed by atoms with van der Waals surface area (Å²) in [5, 5.41) is 0.150. The first-order valence-electron chi connectivity index (χ1n) is 10.5. The van der Waals surface area contributed by atoms with Gasteiger partial charge >= 0.3 is 11.9 Å². The third-order valence-corrected chi connectivity index (χ3v) is 5.63. The van der Waals surface area contributed by atoms with Crippen molar-refractivity contribution in [1.82, 2.24) is 19.4 Å². The van der Waals surface area contributed by atoms with Crippen LogP contribution in [-0.2, 0) is 12.7 Å². The van der Waals surface area contributed by atoms with Crippen LogP contribution in [0.25, 0.3) is 11.0 Å². The number of anilines is 1. The van der Waals surface area contributed by atoms with Crippen LogP contribution in [0.4, 0.5) is 18.9 Å². The molecule has 4 rings (SSSR count). The van der Waals surface area contributed by atoms with E-state index >= 15 is 0 Å². The Labute approximate surface area is 186 Å². The van der Waals surface area contributed by atoms with Gasteiger partial charge in [0, 0.05) is 44.6 Å². The molecule has 0 radical (unpaired) electrons. The standard InChI is InChI=1S/C22H22F3N5O3/c1-2-6-30-18-17(19(31)27-21(30)33)11-14(13-26-18)20(32)29-9-7-28(8-10-29)16-5-3-4-15(12-16)22(23,24)25/h3-5,11-13H,2,6-10H2,1H3,(H,27,31,33). The number of rotatable bonds is 4. The van der Waals surface area contributed by atoms with Gasteiger partial charge in [0.2, 0.25) is 0 Å². The normalized spacial score (nSPS) is 14.7. The number of halogens is 3. The van der Waals surface area contributed by atoms with Crippen molar-refractivity contribution < 1.29 is 18.0 Å². The number of nitrogens with zero attached hydrogens (tertiary/aromatic N) is 4. The van der Waals surface area contributed by atoms with E-state index in [-0.39, 0.29) is 22.5 Å². The van der Waals surface area contributed by atoms with Crippen LogP contribution >= 0.6 is 0 Å². The number of pyridine rings is 1. The number of hydrogen-bond acceptors (Lipinski definition) is 5. The molecule has 0 spiro atoms. The highest BCUT2D eigenvalue weighted by Gasteiger charge is 2.31. The average Bonchev–Trinajstić information content (AvgIpc) is 2.80. The van der Waals surface area contributed by atoms with Crippen LogP contribution in [0.5, 0.6) is 0 Å². The molecular weight excluding hydrogens is 439 g/mol. The first-order valence-corrected chi connectivity index (χ1v) is 10.5. The number of nitrogens with one attached hydrogen (secondary N) is 1. The summed E-state index contributed by atoms with van der Waals surface area (Å²) in [6, 6.07) is 6.53. The van der Waals surface area contributed by atoms with E-state index in [1.54, 1.807) is 15.9 Å². The highest BCUT2D eigenvalue weighted by molar-refractivity contribution is 5.96. The van der Waals surface area contributed by atoms with Crippen molar-refractivity contribution in [3.63, 3.8) is 0 Å². The lowest BCUT2D eigenvalue weighted by atomic mass is 10.1. The molecule has 0 atom stereocenters. The fourth-order valence-corrected chi connectivity index (χ4v) is 3.95. The van der Waals surface area contributed by atoms with Gasteiger partial charge in [-0.15, -0.1) is 0 Å². The van der Waals surface area contributed by atoms with Crippen LogP contribution in [0.3, 0.4) is 0 Å². The van der Waals surface area contributed by atoms with Crippen molar-refractivity contribution >= 4 is 22.6 Å². The molecule has 33 heavy (non-hydrogen) atoms. The van der Waals surface area contributed by atoms with E-state index in [1.807, 2.05) is 6.92 Å². The number of alkyl halides is 3. The van der Waals surface area contributed by atoms with Gasteiger partial charge in [-0.1, -0.05) is 13.0 Å². The average molecular weight is 461 g/mol. The zero-order valence-electron chi connectivity index (χ0n) is 17.9. The van der Waals surface area contributed by atoms with Crippen molar-refractivity contribution in [1.29, 1.82) is 0 Å². The number of piperazine rings is 1. The zero-order valence-corrected chi connectivity index (χ0v) is 17.9. The molecule has 11 heteroatoms. The Morgan fingerprint density at radius 3 is 2.52 bits per heavy atom. The summed E-state index contributed by atoms with van der Waals surface area (Å²) in [5.41, 5.74) is -0.999. The monoisotopic (exact) mass is 461 g/mol. The summed E-state index contributed by atoms with van der Waals surface area (Å²) >= 11 is 0. The summed E-state index contributed by atoms with van der Waals surface area (Å²) in [6.07, 6.45) is -2.41. The molecule has 1 amide bonds. The van der Waals surface area contributed by atoms with E-state index in [0.29, 0.717) is 44.8 Å². The first kappa shape index (κ1) is 22.6. The minimum atomic E-state index is -4.42. The Kier molecular flexibility index (Phi) is 5.96. The number of carbonyl (C=O) groups excluding carboxylic acids is 1. The highest BCUT2D eigenvalue weighted by Crippen LogP contribution is 2.32. The Morgan fingerprint density at radius 1 is 1.12 bits per heavy atom. The van der Waals surface area contributed by atoms with E-state index in [9.17, 15) is 27.6 Å². The number of benzene rings is 1. The molecule has 1 fully saturated rings. The molecule has 1 aromatic carbocycles. The van der Waals surface area contributed by atoms with Crippen LogP contribution in [0.2, 0.25) is 0 Å². The second-order valence-electron chi connectivity index (χ2n) is 7.83. The zero-order chi connectivity index (χ0) is 23.8. The van der Waals surface area contributed by atoms with Gasteiger partial charge in [-0.05, 0) is 30.7 Å². The lowest BCUT2D eigenvalue weighted by Crippen LogP contribution is -2.48. The number of H-pyrrole nitrogens is 1. The molecule has 1 aliphatic rings. The number of amides is 1. The molecule has 0 bridgehead atoms. The lowest BCUT2D eigenvalue weighted by molar-refractivity contribution is -0.137. The van der Waals surface area contributed by atoms with Gasteiger partial charge in [0.25, 0.3) is 11.5 Å². The van der Waals surface area contributed by atoms with Crippen LogP contribution in [-0.4, -0.2) is 51.5 Å². The van der Waals surface area contributed by atoms with E-state index in [2.05, 4.69) is 9.97 Å². The Morgan fingerprint density at radius 2 is 1.85 bits per heavy atom. The first-order chi connectivity index (χ1) is 15.7. The third kappa shape index (κ3) is 4.48. The summed E-state index contributed by atoms with van der Waals surface area (Å²) in [7, 11) is 0. The maximum absolute atomic E-state index is 13.0. The number of fused-ring (bicyclic) bond motifs is 1. The largest absolute Gasteiger partial charge is 0.416 e. The predicted octanol–water partition coefficient (Wildman–Crippen LogP) is 2.48. The third-order valence-electron chi connectivity index (χ3n) is 5.63. The number of aryl methyl sites for hydroxylation is 1. The molecule has 3 heterocycles. The SMILES string of the molecule is CCCn1c(=O)[nH]c(=O)c2cc(C(=O)N3CCN(c4cccc(C(F)(F)F)c4)CC3)cnc21. The van der Waals surface area contributed by atoms with E-state index in [1.165, 1.54) is 22.9 Å². The molecule has 0 saturated carbocycles. The number of carbonyl (C=O) groups is 1. The molecule has 1 saturated heterocycles. The Hall–Kier alpha value is -3.63. The topological polar surface area (TPSA) is 91.3 Å². The number of aromatic nitrogens is 3. The van der Waals surface area contributed by atoms with Gasteiger partial charge in [-0.2, -0.15) is 13.2 Å². The molecule has 1 aliphatic heterocycles. The molecule has 3 aromatic rings.